The average molecular weight is 226 g/mol. The van der Waals surface area contributed by atoms with E-state index in [9.17, 15) is 5.11 Å². The van der Waals surface area contributed by atoms with Crippen LogP contribution < -0.4 is 11.1 Å². The van der Waals surface area contributed by atoms with Crippen LogP contribution in [0.25, 0.3) is 0 Å². The lowest BCUT2D eigenvalue weighted by Gasteiger charge is -2.40. The number of hydrogen-bond donors (Lipinski definition) is 3. The van der Waals surface area contributed by atoms with Gasteiger partial charge in [0, 0.05) is 24.7 Å². The van der Waals surface area contributed by atoms with Crippen LogP contribution in [0, 0.1) is 11.8 Å². The molecule has 0 aliphatic heterocycles. The van der Waals surface area contributed by atoms with Gasteiger partial charge in [-0.1, -0.05) is 12.8 Å². The van der Waals surface area contributed by atoms with Gasteiger partial charge in [-0.25, -0.2) is 0 Å². The van der Waals surface area contributed by atoms with Crippen molar-refractivity contribution in [2.24, 2.45) is 17.6 Å². The first-order valence-electron chi connectivity index (χ1n) is 6.78. The molecule has 94 valence electrons. The second-order valence-electron chi connectivity index (χ2n) is 5.87. The summed E-state index contributed by atoms with van der Waals surface area (Å²) in [6, 6.07) is 0.480. The predicted octanol–water partition coefficient (Wildman–Crippen LogP) is 1.25. The molecule has 4 N–H and O–H groups in total. The Morgan fingerprint density at radius 2 is 1.94 bits per heavy atom. The zero-order valence-corrected chi connectivity index (χ0v) is 10.4. The normalized spacial score (nSPS) is 34.7. The van der Waals surface area contributed by atoms with Crippen LogP contribution in [0.4, 0.5) is 0 Å². The Labute approximate surface area is 98.8 Å². The Balaban J connectivity index is 1.94. The maximum absolute atomic E-state index is 9.41. The van der Waals surface area contributed by atoms with E-state index in [0.717, 1.165) is 5.92 Å². The van der Waals surface area contributed by atoms with E-state index in [1.54, 1.807) is 0 Å². The van der Waals surface area contributed by atoms with E-state index in [0.29, 0.717) is 25.1 Å². The average Bonchev–Trinajstić information content (AvgIpc) is 3.14. The molecular formula is C13H26N2O. The predicted molar refractivity (Wildman–Crippen MR) is 66.2 cm³/mol. The van der Waals surface area contributed by atoms with Gasteiger partial charge in [-0.15, -0.1) is 0 Å². The molecule has 0 amide bonds. The van der Waals surface area contributed by atoms with E-state index in [1.807, 2.05) is 0 Å². The SMILES string of the molecule is CC(CN)(NC1CCCCC1CO)C1CC1. The van der Waals surface area contributed by atoms with E-state index in [2.05, 4.69) is 12.2 Å². The van der Waals surface area contributed by atoms with Gasteiger partial charge in [0.2, 0.25) is 0 Å². The van der Waals surface area contributed by atoms with Gasteiger partial charge in [0.25, 0.3) is 0 Å². The molecule has 0 bridgehead atoms. The minimum Gasteiger partial charge on any atom is -0.396 e. The quantitative estimate of drug-likeness (QED) is 0.661. The largest absolute Gasteiger partial charge is 0.396 e. The molecule has 3 unspecified atom stereocenters. The van der Waals surface area contributed by atoms with Crippen LogP contribution in [0.15, 0.2) is 0 Å². The van der Waals surface area contributed by atoms with Gasteiger partial charge < -0.3 is 16.2 Å². The summed E-state index contributed by atoms with van der Waals surface area (Å²) in [6.07, 6.45) is 7.56. The minimum atomic E-state index is 0.107. The minimum absolute atomic E-state index is 0.107. The van der Waals surface area contributed by atoms with Crippen molar-refractivity contribution < 1.29 is 5.11 Å². The lowest BCUT2D eigenvalue weighted by Crippen LogP contribution is -2.57. The lowest BCUT2D eigenvalue weighted by molar-refractivity contribution is 0.126. The Morgan fingerprint density at radius 1 is 1.25 bits per heavy atom. The molecule has 0 heterocycles. The molecule has 0 aromatic heterocycles. The number of nitrogens with two attached hydrogens (primary N) is 1. The molecule has 2 aliphatic rings. The molecule has 0 radical (unpaired) electrons. The Hall–Kier alpha value is -0.120. The molecule has 2 fully saturated rings. The van der Waals surface area contributed by atoms with Crippen LogP contribution in [0.3, 0.4) is 0 Å². The summed E-state index contributed by atoms with van der Waals surface area (Å²) in [6.45, 7) is 3.29. The zero-order valence-electron chi connectivity index (χ0n) is 10.4. The van der Waals surface area contributed by atoms with Gasteiger partial charge in [-0.2, -0.15) is 0 Å². The summed E-state index contributed by atoms with van der Waals surface area (Å²) in [5.74, 6) is 1.21. The van der Waals surface area contributed by atoms with Crippen LogP contribution in [-0.2, 0) is 0 Å². The molecule has 2 saturated carbocycles. The molecule has 2 aliphatic carbocycles. The third-order valence-electron chi connectivity index (χ3n) is 4.56. The highest BCUT2D eigenvalue weighted by atomic mass is 16.3. The highest BCUT2D eigenvalue weighted by molar-refractivity contribution is 5.01. The van der Waals surface area contributed by atoms with Crippen molar-refractivity contribution in [3.63, 3.8) is 0 Å². The van der Waals surface area contributed by atoms with Gasteiger partial charge in [0.15, 0.2) is 0 Å². The fourth-order valence-electron chi connectivity index (χ4n) is 3.10. The molecule has 3 atom stereocenters. The van der Waals surface area contributed by atoms with E-state index in [1.165, 1.54) is 38.5 Å². The molecule has 3 nitrogen and oxygen atoms in total. The van der Waals surface area contributed by atoms with E-state index >= 15 is 0 Å². The van der Waals surface area contributed by atoms with Crippen molar-refractivity contribution >= 4 is 0 Å². The summed E-state index contributed by atoms with van der Waals surface area (Å²) in [4.78, 5) is 0. The fourth-order valence-corrected chi connectivity index (χ4v) is 3.10. The maximum atomic E-state index is 9.41. The zero-order chi connectivity index (χ0) is 11.6. The summed E-state index contributed by atoms with van der Waals surface area (Å²) >= 11 is 0. The van der Waals surface area contributed by atoms with Gasteiger partial charge in [0.05, 0.1) is 0 Å². The van der Waals surface area contributed by atoms with Crippen LogP contribution in [0.2, 0.25) is 0 Å². The first-order chi connectivity index (χ1) is 7.69. The first-order valence-corrected chi connectivity index (χ1v) is 6.78. The number of nitrogens with one attached hydrogen (secondary N) is 1. The molecule has 0 aromatic carbocycles. The second-order valence-corrected chi connectivity index (χ2v) is 5.87. The number of aliphatic hydroxyl groups is 1. The third-order valence-corrected chi connectivity index (χ3v) is 4.56. The molecule has 16 heavy (non-hydrogen) atoms. The molecule has 0 spiro atoms. The van der Waals surface area contributed by atoms with Crippen LogP contribution >= 0.6 is 0 Å². The van der Waals surface area contributed by atoms with Crippen molar-refractivity contribution in [2.75, 3.05) is 13.2 Å². The van der Waals surface area contributed by atoms with Gasteiger partial charge >= 0.3 is 0 Å². The highest BCUT2D eigenvalue weighted by Crippen LogP contribution is 2.40. The van der Waals surface area contributed by atoms with Crippen molar-refractivity contribution in [1.82, 2.24) is 5.32 Å². The van der Waals surface area contributed by atoms with Gasteiger partial charge in [0.1, 0.15) is 0 Å². The van der Waals surface area contributed by atoms with Gasteiger partial charge in [-0.05, 0) is 44.4 Å². The fraction of sp³-hybridized carbons (Fsp3) is 1.00. The Bertz CT molecular complexity index is 230. The third kappa shape index (κ3) is 2.58. The van der Waals surface area contributed by atoms with Crippen LogP contribution in [-0.4, -0.2) is 29.8 Å². The summed E-state index contributed by atoms with van der Waals surface area (Å²) < 4.78 is 0. The monoisotopic (exact) mass is 226 g/mol. The van der Waals surface area contributed by atoms with Gasteiger partial charge in [-0.3, -0.25) is 0 Å². The van der Waals surface area contributed by atoms with Crippen molar-refractivity contribution in [3.05, 3.63) is 0 Å². The summed E-state index contributed by atoms with van der Waals surface area (Å²) in [7, 11) is 0. The number of aliphatic hydroxyl groups excluding tert-OH is 1. The molecule has 3 heteroatoms. The molecule has 2 rings (SSSR count). The Kier molecular flexibility index (Phi) is 3.88. The molecular weight excluding hydrogens is 200 g/mol. The Morgan fingerprint density at radius 3 is 2.50 bits per heavy atom. The summed E-state index contributed by atoms with van der Waals surface area (Å²) in [5, 5.41) is 13.2. The summed E-state index contributed by atoms with van der Waals surface area (Å²) in [5.41, 5.74) is 6.03. The molecule has 0 saturated heterocycles. The molecule has 0 aromatic rings. The highest BCUT2D eigenvalue weighted by Gasteiger charge is 2.42. The van der Waals surface area contributed by atoms with E-state index in [4.69, 9.17) is 5.73 Å². The van der Waals surface area contributed by atoms with Crippen molar-refractivity contribution in [1.29, 1.82) is 0 Å². The topological polar surface area (TPSA) is 58.3 Å². The van der Waals surface area contributed by atoms with E-state index < -0.39 is 0 Å². The van der Waals surface area contributed by atoms with Crippen molar-refractivity contribution in [3.8, 4) is 0 Å². The standard InChI is InChI=1S/C13H26N2O/c1-13(9-14,11-6-7-11)15-12-5-3-2-4-10(12)8-16/h10-12,15-16H,2-9,14H2,1H3. The first kappa shape index (κ1) is 12.3. The number of rotatable bonds is 5. The van der Waals surface area contributed by atoms with E-state index in [-0.39, 0.29) is 5.54 Å². The van der Waals surface area contributed by atoms with Crippen LogP contribution in [0.1, 0.15) is 45.4 Å². The second kappa shape index (κ2) is 5.03. The smallest absolute Gasteiger partial charge is 0.0474 e. The maximum Gasteiger partial charge on any atom is 0.0474 e. The van der Waals surface area contributed by atoms with Crippen LogP contribution in [0.5, 0.6) is 0 Å². The van der Waals surface area contributed by atoms with Crippen molar-refractivity contribution in [2.45, 2.75) is 57.0 Å². The number of hydrogen-bond acceptors (Lipinski definition) is 3. The lowest BCUT2D eigenvalue weighted by atomic mass is 9.82.